The maximum atomic E-state index is 13.3. The van der Waals surface area contributed by atoms with Crippen LogP contribution in [0.15, 0.2) is 85.1 Å². The highest BCUT2D eigenvalue weighted by Crippen LogP contribution is 2.20. The maximum absolute atomic E-state index is 13.3. The molecule has 5 N–H and O–H groups in total. The number of amides is 2. The quantitative estimate of drug-likeness (QED) is 0.147. The molecular weight excluding hydrogens is 430 g/mol. The first-order valence-corrected chi connectivity index (χ1v) is 10.5. The number of para-hydroxylation sites is 2. The highest BCUT2D eigenvalue weighted by atomic mass is 16.2. The Morgan fingerprint density at radius 1 is 0.912 bits per heavy atom. The summed E-state index contributed by atoms with van der Waals surface area (Å²) in [5, 5.41) is 11.7. The largest absolute Gasteiger partial charge is 0.384 e. The lowest BCUT2D eigenvalue weighted by Crippen LogP contribution is -2.45. The lowest BCUT2D eigenvalue weighted by Gasteiger charge is -2.23. The van der Waals surface area contributed by atoms with Gasteiger partial charge in [-0.2, -0.15) is 0 Å². The number of nitrogens with one attached hydrogen (secondary N) is 3. The molecule has 4 aromatic rings. The minimum atomic E-state index is -1.12. The van der Waals surface area contributed by atoms with Crippen LogP contribution in [0.5, 0.6) is 0 Å². The van der Waals surface area contributed by atoms with Crippen LogP contribution in [0.25, 0.3) is 11.0 Å². The Labute approximate surface area is 196 Å². The molecule has 0 aliphatic rings. The Kier molecular flexibility index (Phi) is 6.45. The van der Waals surface area contributed by atoms with Crippen molar-refractivity contribution >= 4 is 40.2 Å². The SMILES string of the molecule is CN(NC(=O)C(C(=O)Nc1ccc(C(=N)N)cc1)c1ccccc1)c1cnc2ccccc2n1. The molecule has 0 aliphatic heterocycles. The molecule has 0 bridgehead atoms. The summed E-state index contributed by atoms with van der Waals surface area (Å²) in [6, 6.07) is 22.7. The van der Waals surface area contributed by atoms with Gasteiger partial charge in [-0.3, -0.25) is 30.4 Å². The summed E-state index contributed by atoms with van der Waals surface area (Å²) < 4.78 is 0. The van der Waals surface area contributed by atoms with Gasteiger partial charge in [-0.15, -0.1) is 0 Å². The van der Waals surface area contributed by atoms with Gasteiger partial charge in [0.2, 0.25) is 5.91 Å². The molecule has 1 unspecified atom stereocenters. The number of carbonyl (C=O) groups is 2. The summed E-state index contributed by atoms with van der Waals surface area (Å²) in [6.45, 7) is 0. The highest BCUT2D eigenvalue weighted by molar-refractivity contribution is 6.11. The number of aromatic nitrogens is 2. The van der Waals surface area contributed by atoms with Gasteiger partial charge in [0.25, 0.3) is 5.91 Å². The van der Waals surface area contributed by atoms with Crippen LogP contribution in [0.3, 0.4) is 0 Å². The summed E-state index contributed by atoms with van der Waals surface area (Å²) in [6.07, 6.45) is 1.55. The Bertz CT molecular complexity index is 1340. The molecular formula is C25H23N7O2. The van der Waals surface area contributed by atoms with Crippen molar-refractivity contribution in [2.24, 2.45) is 5.73 Å². The molecule has 170 valence electrons. The number of benzene rings is 3. The van der Waals surface area contributed by atoms with Crippen molar-refractivity contribution in [1.29, 1.82) is 5.41 Å². The molecule has 3 aromatic carbocycles. The zero-order valence-corrected chi connectivity index (χ0v) is 18.4. The molecule has 0 fully saturated rings. The Balaban J connectivity index is 1.55. The number of nitrogens with two attached hydrogens (primary N) is 1. The molecule has 0 saturated carbocycles. The summed E-state index contributed by atoms with van der Waals surface area (Å²) in [5.74, 6) is -1.79. The number of anilines is 2. The number of hydrogen-bond donors (Lipinski definition) is 4. The van der Waals surface area contributed by atoms with E-state index in [1.165, 1.54) is 5.01 Å². The molecule has 0 saturated heterocycles. The predicted octanol–water partition coefficient (Wildman–Crippen LogP) is 2.80. The van der Waals surface area contributed by atoms with Gasteiger partial charge in [-0.25, -0.2) is 4.98 Å². The smallest absolute Gasteiger partial charge is 0.255 e. The van der Waals surface area contributed by atoms with Crippen LogP contribution in [0.4, 0.5) is 11.5 Å². The van der Waals surface area contributed by atoms with Crippen molar-refractivity contribution in [2.45, 2.75) is 5.92 Å². The van der Waals surface area contributed by atoms with E-state index in [0.29, 0.717) is 28.1 Å². The van der Waals surface area contributed by atoms with Crippen molar-refractivity contribution in [3.63, 3.8) is 0 Å². The van der Waals surface area contributed by atoms with E-state index < -0.39 is 17.7 Å². The molecule has 0 aliphatic carbocycles. The average molecular weight is 454 g/mol. The van der Waals surface area contributed by atoms with Gasteiger partial charge in [0.05, 0.1) is 17.2 Å². The number of nitrogen functional groups attached to an aromatic ring is 1. The summed E-state index contributed by atoms with van der Waals surface area (Å²) in [4.78, 5) is 35.3. The number of hydrazine groups is 1. The van der Waals surface area contributed by atoms with Crippen molar-refractivity contribution in [3.05, 3.63) is 96.2 Å². The van der Waals surface area contributed by atoms with Crippen LogP contribution in [0.1, 0.15) is 17.0 Å². The molecule has 1 aromatic heterocycles. The van der Waals surface area contributed by atoms with Gasteiger partial charge in [0.1, 0.15) is 11.8 Å². The fourth-order valence-corrected chi connectivity index (χ4v) is 3.41. The number of amidine groups is 1. The van der Waals surface area contributed by atoms with Crippen molar-refractivity contribution in [1.82, 2.24) is 15.4 Å². The lowest BCUT2D eigenvalue weighted by atomic mass is 9.97. The minimum absolute atomic E-state index is 0.0701. The van der Waals surface area contributed by atoms with Crippen LogP contribution in [-0.2, 0) is 9.59 Å². The summed E-state index contributed by atoms with van der Waals surface area (Å²) in [7, 11) is 1.64. The predicted molar refractivity (Wildman–Crippen MR) is 131 cm³/mol. The van der Waals surface area contributed by atoms with E-state index in [4.69, 9.17) is 11.1 Å². The summed E-state index contributed by atoms with van der Waals surface area (Å²) >= 11 is 0. The first-order valence-electron chi connectivity index (χ1n) is 10.5. The lowest BCUT2D eigenvalue weighted by molar-refractivity contribution is -0.129. The van der Waals surface area contributed by atoms with Gasteiger partial charge in [-0.1, -0.05) is 42.5 Å². The van der Waals surface area contributed by atoms with E-state index in [1.54, 1.807) is 61.8 Å². The van der Waals surface area contributed by atoms with Crippen molar-refractivity contribution in [3.8, 4) is 0 Å². The fourth-order valence-electron chi connectivity index (χ4n) is 3.41. The number of fused-ring (bicyclic) bond motifs is 1. The summed E-state index contributed by atoms with van der Waals surface area (Å²) in [5.41, 5.74) is 11.2. The zero-order chi connectivity index (χ0) is 24.1. The van der Waals surface area contributed by atoms with E-state index in [0.717, 1.165) is 5.52 Å². The molecule has 1 heterocycles. The number of nitrogens with zero attached hydrogens (tertiary/aromatic N) is 3. The molecule has 2 amide bonds. The van der Waals surface area contributed by atoms with Crippen LogP contribution in [-0.4, -0.2) is 34.7 Å². The maximum Gasteiger partial charge on any atom is 0.255 e. The van der Waals surface area contributed by atoms with E-state index in [-0.39, 0.29) is 5.84 Å². The third-order valence-electron chi connectivity index (χ3n) is 5.18. The molecule has 1 atom stereocenters. The molecule has 34 heavy (non-hydrogen) atoms. The first-order chi connectivity index (χ1) is 16.4. The first kappa shape index (κ1) is 22.4. The third kappa shape index (κ3) is 4.99. The van der Waals surface area contributed by atoms with Crippen molar-refractivity contribution in [2.75, 3.05) is 17.4 Å². The van der Waals surface area contributed by atoms with Crippen LogP contribution < -0.4 is 21.5 Å². The van der Waals surface area contributed by atoms with Gasteiger partial charge in [0, 0.05) is 18.3 Å². The fraction of sp³-hybridized carbons (Fsp3) is 0.0800. The normalized spacial score (nSPS) is 11.4. The van der Waals surface area contributed by atoms with Gasteiger partial charge in [-0.05, 0) is 42.0 Å². The molecule has 9 heteroatoms. The Morgan fingerprint density at radius 2 is 1.56 bits per heavy atom. The zero-order valence-electron chi connectivity index (χ0n) is 18.4. The third-order valence-corrected chi connectivity index (χ3v) is 5.18. The minimum Gasteiger partial charge on any atom is -0.384 e. The number of carbonyl (C=O) groups excluding carboxylic acids is 2. The second-order valence-electron chi connectivity index (χ2n) is 7.58. The molecule has 9 nitrogen and oxygen atoms in total. The molecule has 4 rings (SSSR count). The van der Waals surface area contributed by atoms with Gasteiger partial charge >= 0.3 is 0 Å². The average Bonchev–Trinajstić information content (AvgIpc) is 2.84. The van der Waals surface area contributed by atoms with E-state index in [1.807, 2.05) is 30.3 Å². The number of hydrogen-bond acceptors (Lipinski definition) is 6. The second kappa shape index (κ2) is 9.78. The topological polar surface area (TPSA) is 137 Å². The monoisotopic (exact) mass is 453 g/mol. The van der Waals surface area contributed by atoms with Gasteiger partial charge < -0.3 is 11.1 Å². The van der Waals surface area contributed by atoms with Gasteiger partial charge in [0.15, 0.2) is 5.82 Å². The number of rotatable bonds is 7. The van der Waals surface area contributed by atoms with E-state index in [2.05, 4.69) is 20.7 Å². The van der Waals surface area contributed by atoms with Crippen molar-refractivity contribution < 1.29 is 9.59 Å². The van der Waals surface area contributed by atoms with E-state index in [9.17, 15) is 9.59 Å². The van der Waals surface area contributed by atoms with Crippen LogP contribution in [0.2, 0.25) is 0 Å². The Hall–Kier alpha value is -4.79. The van der Waals surface area contributed by atoms with Crippen LogP contribution >= 0.6 is 0 Å². The van der Waals surface area contributed by atoms with E-state index >= 15 is 0 Å². The molecule has 0 radical (unpaired) electrons. The Morgan fingerprint density at radius 3 is 2.24 bits per heavy atom. The van der Waals surface area contributed by atoms with Crippen LogP contribution in [0, 0.1) is 5.41 Å². The second-order valence-corrected chi connectivity index (χ2v) is 7.58. The highest BCUT2D eigenvalue weighted by Gasteiger charge is 2.29. The standard InChI is InChI=1S/C25H23N7O2/c1-32(21-15-28-19-9-5-6-10-20(19)30-21)31-25(34)22(16-7-3-2-4-8-16)24(33)29-18-13-11-17(12-14-18)23(26)27/h2-15,22H,1H3,(H3,26,27)(H,29,33)(H,31,34). The molecule has 0 spiro atoms.